The van der Waals surface area contributed by atoms with E-state index in [1.54, 1.807) is 16.8 Å². The number of benzene rings is 1. The number of aromatic nitrogens is 2. The molecule has 1 aromatic heterocycles. The molecule has 0 unspecified atom stereocenters. The summed E-state index contributed by atoms with van der Waals surface area (Å²) < 4.78 is 39.9. The second kappa shape index (κ2) is 4.81. The van der Waals surface area contributed by atoms with Crippen molar-refractivity contribution < 1.29 is 13.2 Å². The van der Waals surface area contributed by atoms with E-state index in [0.29, 0.717) is 5.69 Å². The molecule has 0 bridgehead atoms. The van der Waals surface area contributed by atoms with Gasteiger partial charge in [-0.05, 0) is 11.6 Å². The van der Waals surface area contributed by atoms with Gasteiger partial charge in [0.25, 0.3) is 0 Å². The van der Waals surface area contributed by atoms with Gasteiger partial charge in [0.15, 0.2) is 0 Å². The number of nitrogens with two attached hydrogens (primary N) is 1. The van der Waals surface area contributed by atoms with Crippen LogP contribution in [0.2, 0.25) is 0 Å². The predicted octanol–water partition coefficient (Wildman–Crippen LogP) is 2.41. The van der Waals surface area contributed by atoms with Gasteiger partial charge in [-0.15, -0.1) is 0 Å². The molecule has 2 aromatic rings. The highest BCUT2D eigenvalue weighted by molar-refractivity contribution is 5.29. The predicted molar refractivity (Wildman–Crippen MR) is 60.7 cm³/mol. The molecular formula is C12H12F3N3. The van der Waals surface area contributed by atoms with E-state index in [2.05, 4.69) is 4.98 Å². The van der Waals surface area contributed by atoms with Gasteiger partial charge in [-0.1, -0.05) is 18.2 Å². The maximum Gasteiger partial charge on any atom is 0.416 e. The van der Waals surface area contributed by atoms with E-state index in [-0.39, 0.29) is 18.7 Å². The Bertz CT molecular complexity index is 531. The highest BCUT2D eigenvalue weighted by Gasteiger charge is 2.32. The molecule has 0 spiro atoms. The van der Waals surface area contributed by atoms with Crippen molar-refractivity contribution in [1.29, 1.82) is 0 Å². The van der Waals surface area contributed by atoms with Gasteiger partial charge in [-0.2, -0.15) is 13.2 Å². The summed E-state index contributed by atoms with van der Waals surface area (Å²) >= 11 is 0. The maximum atomic E-state index is 12.8. The van der Waals surface area contributed by atoms with Gasteiger partial charge in [0, 0.05) is 19.3 Å². The van der Waals surface area contributed by atoms with Gasteiger partial charge in [0.2, 0.25) is 0 Å². The summed E-state index contributed by atoms with van der Waals surface area (Å²) in [5.74, 6) is 0. The van der Waals surface area contributed by atoms with E-state index in [9.17, 15) is 13.2 Å². The summed E-state index contributed by atoms with van der Waals surface area (Å²) in [5, 5.41) is 0. The molecule has 1 aromatic carbocycles. The summed E-state index contributed by atoms with van der Waals surface area (Å²) in [6.45, 7) is 0.399. The van der Waals surface area contributed by atoms with Crippen molar-refractivity contribution in [2.24, 2.45) is 5.73 Å². The summed E-state index contributed by atoms with van der Waals surface area (Å²) in [5.41, 5.74) is 5.65. The fourth-order valence-corrected chi connectivity index (χ4v) is 1.73. The average molecular weight is 255 g/mol. The second-order valence-corrected chi connectivity index (χ2v) is 3.90. The smallest absolute Gasteiger partial charge is 0.333 e. The van der Waals surface area contributed by atoms with Crippen molar-refractivity contribution >= 4 is 0 Å². The molecule has 0 saturated heterocycles. The van der Waals surface area contributed by atoms with Crippen molar-refractivity contribution in [1.82, 2.24) is 9.55 Å². The molecule has 6 heteroatoms. The topological polar surface area (TPSA) is 43.8 Å². The Balaban J connectivity index is 2.29. The van der Waals surface area contributed by atoms with E-state index in [1.165, 1.54) is 18.5 Å². The summed E-state index contributed by atoms with van der Waals surface area (Å²) in [7, 11) is 0. The lowest BCUT2D eigenvalue weighted by atomic mass is 10.1. The van der Waals surface area contributed by atoms with Crippen molar-refractivity contribution in [2.45, 2.75) is 19.3 Å². The van der Waals surface area contributed by atoms with Crippen LogP contribution in [-0.4, -0.2) is 9.55 Å². The lowest BCUT2D eigenvalue weighted by molar-refractivity contribution is -0.138. The number of halogens is 3. The lowest BCUT2D eigenvalue weighted by Crippen LogP contribution is -2.11. The Morgan fingerprint density at radius 1 is 1.22 bits per heavy atom. The molecule has 0 amide bonds. The monoisotopic (exact) mass is 255 g/mol. The fraction of sp³-hybridized carbons (Fsp3) is 0.250. The minimum atomic E-state index is -4.34. The highest BCUT2D eigenvalue weighted by atomic mass is 19.4. The Hall–Kier alpha value is -1.82. The number of imidazole rings is 1. The zero-order chi connectivity index (χ0) is 13.2. The minimum Gasteiger partial charge on any atom is -0.333 e. The Labute approximate surface area is 102 Å². The fourth-order valence-electron chi connectivity index (χ4n) is 1.73. The first-order valence-corrected chi connectivity index (χ1v) is 5.36. The van der Waals surface area contributed by atoms with Crippen LogP contribution in [0, 0.1) is 0 Å². The van der Waals surface area contributed by atoms with Crippen molar-refractivity contribution in [3.05, 3.63) is 53.6 Å². The second-order valence-electron chi connectivity index (χ2n) is 3.90. The van der Waals surface area contributed by atoms with Gasteiger partial charge in [-0.3, -0.25) is 0 Å². The largest absolute Gasteiger partial charge is 0.416 e. The summed E-state index contributed by atoms with van der Waals surface area (Å²) in [4.78, 5) is 3.98. The zero-order valence-electron chi connectivity index (χ0n) is 9.48. The number of hydrogen-bond donors (Lipinski definition) is 1. The molecule has 1 heterocycles. The SMILES string of the molecule is NCc1cn(Cc2ccccc2C(F)(F)F)cn1. The number of alkyl halides is 3. The zero-order valence-corrected chi connectivity index (χ0v) is 9.48. The molecule has 2 rings (SSSR count). The van der Waals surface area contributed by atoms with E-state index in [0.717, 1.165) is 6.07 Å². The quantitative estimate of drug-likeness (QED) is 0.915. The van der Waals surface area contributed by atoms with Crippen LogP contribution in [0.15, 0.2) is 36.8 Å². The van der Waals surface area contributed by atoms with Gasteiger partial charge in [-0.25, -0.2) is 4.98 Å². The molecule has 0 aliphatic heterocycles. The molecule has 96 valence electrons. The molecule has 0 atom stereocenters. The van der Waals surface area contributed by atoms with Crippen LogP contribution in [0.4, 0.5) is 13.2 Å². The average Bonchev–Trinajstić information content (AvgIpc) is 2.76. The molecule has 18 heavy (non-hydrogen) atoms. The maximum absolute atomic E-state index is 12.8. The molecule has 0 radical (unpaired) electrons. The third kappa shape index (κ3) is 2.70. The van der Waals surface area contributed by atoms with Crippen LogP contribution in [0.3, 0.4) is 0 Å². The molecule has 0 aliphatic rings. The number of rotatable bonds is 3. The molecule has 0 aliphatic carbocycles. The standard InChI is InChI=1S/C12H12F3N3/c13-12(14,15)11-4-2-1-3-9(11)6-18-7-10(5-16)17-8-18/h1-4,7-8H,5-6,16H2. The van der Waals surface area contributed by atoms with E-state index in [1.807, 2.05) is 0 Å². The van der Waals surface area contributed by atoms with Crippen molar-refractivity contribution in [2.75, 3.05) is 0 Å². The van der Waals surface area contributed by atoms with Crippen LogP contribution in [0.1, 0.15) is 16.8 Å². The Kier molecular flexibility index (Phi) is 3.38. The first-order valence-electron chi connectivity index (χ1n) is 5.36. The molecule has 0 saturated carbocycles. The third-order valence-corrected chi connectivity index (χ3v) is 2.57. The Morgan fingerprint density at radius 2 is 1.94 bits per heavy atom. The summed E-state index contributed by atoms with van der Waals surface area (Å²) in [6.07, 6.45) is -1.21. The molecule has 3 nitrogen and oxygen atoms in total. The van der Waals surface area contributed by atoms with E-state index in [4.69, 9.17) is 5.73 Å². The van der Waals surface area contributed by atoms with Crippen molar-refractivity contribution in [3.63, 3.8) is 0 Å². The lowest BCUT2D eigenvalue weighted by Gasteiger charge is -2.12. The van der Waals surface area contributed by atoms with Crippen LogP contribution < -0.4 is 5.73 Å². The molecule has 2 N–H and O–H groups in total. The van der Waals surface area contributed by atoms with Crippen molar-refractivity contribution in [3.8, 4) is 0 Å². The van der Waals surface area contributed by atoms with E-state index < -0.39 is 11.7 Å². The highest BCUT2D eigenvalue weighted by Crippen LogP contribution is 2.32. The first-order chi connectivity index (χ1) is 8.50. The van der Waals surface area contributed by atoms with E-state index >= 15 is 0 Å². The number of hydrogen-bond acceptors (Lipinski definition) is 2. The van der Waals surface area contributed by atoms with Crippen LogP contribution >= 0.6 is 0 Å². The van der Waals surface area contributed by atoms with Gasteiger partial charge in [0.1, 0.15) is 0 Å². The first kappa shape index (κ1) is 12.6. The molecule has 0 fully saturated rings. The van der Waals surface area contributed by atoms with Gasteiger partial charge in [0.05, 0.1) is 17.6 Å². The van der Waals surface area contributed by atoms with Crippen LogP contribution in [-0.2, 0) is 19.3 Å². The third-order valence-electron chi connectivity index (χ3n) is 2.57. The number of nitrogens with zero attached hydrogens (tertiary/aromatic N) is 2. The Morgan fingerprint density at radius 3 is 2.56 bits per heavy atom. The minimum absolute atomic E-state index is 0.128. The summed E-state index contributed by atoms with van der Waals surface area (Å²) in [6, 6.07) is 5.51. The van der Waals surface area contributed by atoms with Crippen LogP contribution in [0.5, 0.6) is 0 Å². The van der Waals surface area contributed by atoms with Gasteiger partial charge < -0.3 is 10.3 Å². The normalized spacial score (nSPS) is 11.8. The molecular weight excluding hydrogens is 243 g/mol. The van der Waals surface area contributed by atoms with Gasteiger partial charge >= 0.3 is 6.18 Å². The van der Waals surface area contributed by atoms with Crippen LogP contribution in [0.25, 0.3) is 0 Å².